The van der Waals surface area contributed by atoms with Crippen LogP contribution in [0.2, 0.25) is 0 Å². The van der Waals surface area contributed by atoms with Gasteiger partial charge >= 0.3 is 5.97 Å². The topological polar surface area (TPSA) is 75.6 Å². The molecule has 0 atom stereocenters. The number of carboxylic acid groups (broad SMARTS) is 1. The number of carbonyl (C=O) groups is 2. The van der Waals surface area contributed by atoms with Crippen molar-refractivity contribution in [3.63, 3.8) is 0 Å². The van der Waals surface area contributed by atoms with Crippen LogP contribution in [0.1, 0.15) is 53.5 Å². The van der Waals surface area contributed by atoms with Crippen LogP contribution in [-0.4, -0.2) is 30.1 Å². The molecule has 0 bridgehead atoms. The molecule has 1 rings (SSSR count). The molecule has 1 aromatic carbocycles. The van der Waals surface area contributed by atoms with Gasteiger partial charge in [0.1, 0.15) is 5.75 Å². The second-order valence-corrected chi connectivity index (χ2v) is 8.05. The highest BCUT2D eigenvalue weighted by Gasteiger charge is 2.31. The van der Waals surface area contributed by atoms with Gasteiger partial charge in [0.25, 0.3) is 0 Å². The van der Waals surface area contributed by atoms with E-state index in [1.165, 1.54) is 0 Å². The number of carboxylic acids is 1. The Hall–Kier alpha value is -2.04. The normalized spacial score (nSPS) is 12.1. The summed E-state index contributed by atoms with van der Waals surface area (Å²) in [5.74, 6) is 0.261. The van der Waals surface area contributed by atoms with Crippen molar-refractivity contribution in [2.45, 2.75) is 53.4 Å². The third kappa shape index (κ3) is 6.07. The SMILES string of the molecule is CC(C)COc1ccc(C(C)(C)C(=O)NCCC(C)(C)C(=O)O)cc1. The summed E-state index contributed by atoms with van der Waals surface area (Å²) in [6, 6.07) is 7.55. The third-order valence-corrected chi connectivity index (χ3v) is 4.34. The molecule has 0 spiro atoms. The van der Waals surface area contributed by atoms with Crippen molar-refractivity contribution in [1.29, 1.82) is 0 Å². The van der Waals surface area contributed by atoms with Crippen LogP contribution in [0.25, 0.3) is 0 Å². The Kier molecular flexibility index (Phi) is 7.03. The number of aliphatic carboxylic acids is 1. The summed E-state index contributed by atoms with van der Waals surface area (Å²) in [5, 5.41) is 12.0. The summed E-state index contributed by atoms with van der Waals surface area (Å²) >= 11 is 0. The largest absolute Gasteiger partial charge is 0.493 e. The minimum Gasteiger partial charge on any atom is -0.493 e. The number of amides is 1. The molecule has 0 fully saturated rings. The monoisotopic (exact) mass is 349 g/mol. The first kappa shape index (κ1) is 21.0. The molecule has 5 nitrogen and oxygen atoms in total. The number of hydrogen-bond acceptors (Lipinski definition) is 3. The lowest BCUT2D eigenvalue weighted by atomic mass is 9.83. The van der Waals surface area contributed by atoms with Gasteiger partial charge in [-0.15, -0.1) is 0 Å². The van der Waals surface area contributed by atoms with E-state index < -0.39 is 16.8 Å². The molecular weight excluding hydrogens is 318 g/mol. The van der Waals surface area contributed by atoms with Crippen molar-refractivity contribution >= 4 is 11.9 Å². The molecule has 25 heavy (non-hydrogen) atoms. The molecule has 0 heterocycles. The van der Waals surface area contributed by atoms with Crippen LogP contribution >= 0.6 is 0 Å². The zero-order chi connectivity index (χ0) is 19.3. The van der Waals surface area contributed by atoms with Gasteiger partial charge in [-0.25, -0.2) is 0 Å². The zero-order valence-electron chi connectivity index (χ0n) is 16.2. The van der Waals surface area contributed by atoms with E-state index in [1.807, 2.05) is 38.1 Å². The van der Waals surface area contributed by atoms with Crippen molar-refractivity contribution < 1.29 is 19.4 Å². The van der Waals surface area contributed by atoms with E-state index >= 15 is 0 Å². The van der Waals surface area contributed by atoms with E-state index in [9.17, 15) is 9.59 Å². The van der Waals surface area contributed by atoms with Crippen molar-refractivity contribution in [3.05, 3.63) is 29.8 Å². The molecule has 140 valence electrons. The van der Waals surface area contributed by atoms with Gasteiger partial charge in [-0.2, -0.15) is 0 Å². The maximum atomic E-state index is 12.5. The van der Waals surface area contributed by atoms with Gasteiger partial charge in [0, 0.05) is 6.54 Å². The minimum absolute atomic E-state index is 0.121. The Bertz CT molecular complexity index is 588. The quantitative estimate of drug-likeness (QED) is 0.714. The van der Waals surface area contributed by atoms with Crippen molar-refractivity contribution in [3.8, 4) is 5.75 Å². The van der Waals surface area contributed by atoms with Crippen molar-refractivity contribution in [1.82, 2.24) is 5.32 Å². The van der Waals surface area contributed by atoms with Gasteiger partial charge in [-0.05, 0) is 57.7 Å². The van der Waals surface area contributed by atoms with E-state index in [0.29, 0.717) is 25.5 Å². The second-order valence-electron chi connectivity index (χ2n) is 8.05. The molecule has 0 unspecified atom stereocenters. The van der Waals surface area contributed by atoms with E-state index in [0.717, 1.165) is 11.3 Å². The average molecular weight is 349 g/mol. The first-order valence-electron chi connectivity index (χ1n) is 8.72. The van der Waals surface area contributed by atoms with Gasteiger partial charge in [0.15, 0.2) is 0 Å². The molecule has 0 saturated heterocycles. The fourth-order valence-corrected chi connectivity index (χ4v) is 2.18. The maximum Gasteiger partial charge on any atom is 0.309 e. The van der Waals surface area contributed by atoms with Crippen LogP contribution in [0.15, 0.2) is 24.3 Å². The Morgan fingerprint density at radius 3 is 2.16 bits per heavy atom. The van der Waals surface area contributed by atoms with Crippen LogP contribution < -0.4 is 10.1 Å². The molecule has 1 aromatic rings. The summed E-state index contributed by atoms with van der Waals surface area (Å²) in [6.45, 7) is 12.2. The number of rotatable bonds is 9. The summed E-state index contributed by atoms with van der Waals surface area (Å²) in [6.07, 6.45) is 0.381. The first-order chi connectivity index (χ1) is 11.5. The predicted octanol–water partition coefficient (Wildman–Crippen LogP) is 3.62. The number of benzene rings is 1. The Labute approximate surface area is 150 Å². The lowest BCUT2D eigenvalue weighted by molar-refractivity contribution is -0.147. The van der Waals surface area contributed by atoms with Crippen LogP contribution in [0.3, 0.4) is 0 Å². The maximum absolute atomic E-state index is 12.5. The Morgan fingerprint density at radius 2 is 1.68 bits per heavy atom. The van der Waals surface area contributed by atoms with E-state index in [4.69, 9.17) is 9.84 Å². The van der Waals surface area contributed by atoms with E-state index in [-0.39, 0.29) is 5.91 Å². The summed E-state index contributed by atoms with van der Waals surface area (Å²) < 4.78 is 5.66. The molecule has 1 amide bonds. The van der Waals surface area contributed by atoms with E-state index in [2.05, 4.69) is 19.2 Å². The number of nitrogens with one attached hydrogen (secondary N) is 1. The highest BCUT2D eigenvalue weighted by molar-refractivity contribution is 5.87. The molecule has 2 N–H and O–H groups in total. The molecule has 0 aliphatic heterocycles. The molecule has 5 heteroatoms. The molecule has 0 aliphatic rings. The summed E-state index contributed by atoms with van der Waals surface area (Å²) in [4.78, 5) is 23.6. The van der Waals surface area contributed by atoms with Gasteiger partial charge < -0.3 is 15.2 Å². The fraction of sp³-hybridized carbons (Fsp3) is 0.600. The summed E-state index contributed by atoms with van der Waals surface area (Å²) in [5.41, 5.74) is -0.670. The smallest absolute Gasteiger partial charge is 0.309 e. The van der Waals surface area contributed by atoms with Crippen molar-refractivity contribution in [2.24, 2.45) is 11.3 Å². The average Bonchev–Trinajstić information content (AvgIpc) is 2.52. The van der Waals surface area contributed by atoms with Crippen LogP contribution in [0.4, 0.5) is 0 Å². The Balaban J connectivity index is 2.66. The third-order valence-electron chi connectivity index (χ3n) is 4.34. The number of carbonyl (C=O) groups excluding carboxylic acids is 1. The molecular formula is C20H31NO4. The number of hydrogen-bond donors (Lipinski definition) is 2. The predicted molar refractivity (Wildman–Crippen MR) is 98.8 cm³/mol. The molecule has 0 aromatic heterocycles. The fourth-order valence-electron chi connectivity index (χ4n) is 2.18. The van der Waals surface area contributed by atoms with Crippen LogP contribution in [0, 0.1) is 11.3 Å². The summed E-state index contributed by atoms with van der Waals surface area (Å²) in [7, 11) is 0. The van der Waals surface area contributed by atoms with Gasteiger partial charge in [-0.1, -0.05) is 26.0 Å². The molecule has 0 radical (unpaired) electrons. The first-order valence-corrected chi connectivity index (χ1v) is 8.72. The lowest BCUT2D eigenvalue weighted by Crippen LogP contribution is -2.41. The second kappa shape index (κ2) is 8.37. The van der Waals surface area contributed by atoms with Crippen molar-refractivity contribution in [2.75, 3.05) is 13.2 Å². The van der Waals surface area contributed by atoms with Gasteiger partial charge in [-0.3, -0.25) is 9.59 Å². The lowest BCUT2D eigenvalue weighted by Gasteiger charge is -2.26. The highest BCUT2D eigenvalue weighted by Crippen LogP contribution is 2.26. The van der Waals surface area contributed by atoms with Crippen LogP contribution in [-0.2, 0) is 15.0 Å². The standard InChI is InChI=1S/C20H31NO4/c1-14(2)13-25-16-9-7-15(8-10-16)20(5,6)17(22)21-12-11-19(3,4)18(23)24/h7-10,14H,11-13H2,1-6H3,(H,21,22)(H,23,24). The Morgan fingerprint density at radius 1 is 1.12 bits per heavy atom. The molecule has 0 aliphatic carbocycles. The van der Waals surface area contributed by atoms with Gasteiger partial charge in [0.05, 0.1) is 17.4 Å². The minimum atomic E-state index is -0.863. The molecule has 0 saturated carbocycles. The van der Waals surface area contributed by atoms with Crippen LogP contribution in [0.5, 0.6) is 5.75 Å². The zero-order valence-corrected chi connectivity index (χ0v) is 16.2. The van der Waals surface area contributed by atoms with E-state index in [1.54, 1.807) is 13.8 Å². The van der Waals surface area contributed by atoms with Gasteiger partial charge in [0.2, 0.25) is 5.91 Å². The number of ether oxygens (including phenoxy) is 1. The highest BCUT2D eigenvalue weighted by atomic mass is 16.5.